The van der Waals surface area contributed by atoms with Gasteiger partial charge in [-0.1, -0.05) is 59.5 Å². The maximum atomic E-state index is 13.5. The molecule has 1 saturated heterocycles. The molecule has 0 aliphatic carbocycles. The van der Waals surface area contributed by atoms with Gasteiger partial charge in [0.25, 0.3) is 5.78 Å². The summed E-state index contributed by atoms with van der Waals surface area (Å²) in [6.07, 6.45) is 0. The van der Waals surface area contributed by atoms with Crippen LogP contribution in [0, 0.1) is 0 Å². The molecule has 41 heavy (non-hydrogen) atoms. The van der Waals surface area contributed by atoms with E-state index in [1.165, 1.54) is 42.2 Å². The molecule has 1 atom stereocenters. The number of thioether (sulfide) groups is 1. The maximum absolute atomic E-state index is 13.5. The van der Waals surface area contributed by atoms with Crippen molar-refractivity contribution in [1.29, 1.82) is 0 Å². The van der Waals surface area contributed by atoms with Gasteiger partial charge in [-0.25, -0.2) is 0 Å². The summed E-state index contributed by atoms with van der Waals surface area (Å²) in [6.45, 7) is 2.29. The third kappa shape index (κ3) is 5.77. The Morgan fingerprint density at radius 1 is 0.976 bits per heavy atom. The summed E-state index contributed by atoms with van der Waals surface area (Å²) in [6, 6.07) is 20.7. The van der Waals surface area contributed by atoms with Gasteiger partial charge in [-0.05, 0) is 54.4 Å². The summed E-state index contributed by atoms with van der Waals surface area (Å²) in [5.41, 5.74) is 1.95. The number of anilines is 1. The molecule has 1 fully saturated rings. The molecule has 5 rings (SSSR count). The summed E-state index contributed by atoms with van der Waals surface area (Å²) >= 11 is 2.69. The van der Waals surface area contributed by atoms with Gasteiger partial charge in [-0.15, -0.1) is 10.2 Å². The Bertz CT molecular complexity index is 1590. The molecule has 210 valence electrons. The van der Waals surface area contributed by atoms with Crippen molar-refractivity contribution in [1.82, 2.24) is 10.2 Å². The fourth-order valence-electron chi connectivity index (χ4n) is 4.46. The SMILES string of the molecule is CCOc1ccc(C2/C(=C(/O)c3ccc(OC)cc3)C(=O)C(=O)N2c2nnc(SCc3ccccc3)s2)cc1OC. The number of rotatable bonds is 10. The van der Waals surface area contributed by atoms with Crippen LogP contribution in [0.1, 0.15) is 29.7 Å². The Hall–Kier alpha value is -4.35. The van der Waals surface area contributed by atoms with E-state index in [0.29, 0.717) is 45.1 Å². The lowest BCUT2D eigenvalue weighted by molar-refractivity contribution is -0.132. The van der Waals surface area contributed by atoms with Gasteiger partial charge in [0.15, 0.2) is 15.8 Å². The summed E-state index contributed by atoms with van der Waals surface area (Å²) in [5.74, 6) is 0.250. The number of methoxy groups -OCH3 is 2. The van der Waals surface area contributed by atoms with Crippen molar-refractivity contribution in [3.63, 3.8) is 0 Å². The molecule has 1 aromatic heterocycles. The standard InChI is InChI=1S/C30H27N3O6S2/c1-4-39-22-15-12-20(16-23(22)38-3)25-24(26(34)19-10-13-21(37-2)14-11-19)27(35)28(36)33(25)29-31-32-30(41-29)40-17-18-8-6-5-7-9-18/h5-16,25,34H,4,17H2,1-3H3/b26-24-. The molecule has 4 aromatic rings. The molecule has 3 aromatic carbocycles. The monoisotopic (exact) mass is 589 g/mol. The molecular formula is C30H27N3O6S2. The Balaban J connectivity index is 1.58. The normalized spacial score (nSPS) is 16.2. The van der Waals surface area contributed by atoms with E-state index in [0.717, 1.165) is 5.56 Å². The fraction of sp³-hybridized carbons (Fsp3) is 0.200. The number of hydrogen-bond donors (Lipinski definition) is 1. The summed E-state index contributed by atoms with van der Waals surface area (Å²) in [7, 11) is 3.05. The second-order valence-corrected chi connectivity index (χ2v) is 11.0. The minimum absolute atomic E-state index is 0.0694. The van der Waals surface area contributed by atoms with Gasteiger partial charge in [-0.2, -0.15) is 0 Å². The Morgan fingerprint density at radius 2 is 1.73 bits per heavy atom. The second kappa shape index (κ2) is 12.4. The van der Waals surface area contributed by atoms with Gasteiger partial charge in [0, 0.05) is 11.3 Å². The third-order valence-corrected chi connectivity index (χ3v) is 8.55. The Labute approximate surface area is 245 Å². The summed E-state index contributed by atoms with van der Waals surface area (Å²) in [4.78, 5) is 28.3. The Morgan fingerprint density at radius 3 is 2.41 bits per heavy atom. The van der Waals surface area contributed by atoms with Crippen LogP contribution in [0.15, 0.2) is 82.7 Å². The average Bonchev–Trinajstić information content (AvgIpc) is 3.58. The molecule has 0 spiro atoms. The van der Waals surface area contributed by atoms with Gasteiger partial charge in [0.1, 0.15) is 11.5 Å². The lowest BCUT2D eigenvalue weighted by atomic mass is 9.95. The van der Waals surface area contributed by atoms with E-state index in [2.05, 4.69) is 10.2 Å². The lowest BCUT2D eigenvalue weighted by Gasteiger charge is -2.23. The van der Waals surface area contributed by atoms with Gasteiger partial charge in [0.2, 0.25) is 5.13 Å². The van der Waals surface area contributed by atoms with E-state index in [-0.39, 0.29) is 16.5 Å². The number of benzene rings is 3. The number of aliphatic hydroxyl groups excluding tert-OH is 1. The van der Waals surface area contributed by atoms with Crippen LogP contribution in [0.4, 0.5) is 5.13 Å². The predicted octanol–water partition coefficient (Wildman–Crippen LogP) is 5.87. The first-order chi connectivity index (χ1) is 19.9. The number of aliphatic hydroxyl groups is 1. The number of nitrogens with zero attached hydrogens (tertiary/aromatic N) is 3. The largest absolute Gasteiger partial charge is 0.507 e. The number of aromatic nitrogens is 2. The fourth-order valence-corrected chi connectivity index (χ4v) is 6.28. The topological polar surface area (TPSA) is 111 Å². The van der Waals surface area contributed by atoms with E-state index < -0.39 is 17.7 Å². The number of carbonyl (C=O) groups excluding carboxylic acids is 2. The molecule has 1 N–H and O–H groups in total. The molecule has 0 radical (unpaired) electrons. The minimum atomic E-state index is -0.985. The molecule has 9 nitrogen and oxygen atoms in total. The van der Waals surface area contributed by atoms with Crippen LogP contribution >= 0.6 is 23.1 Å². The highest BCUT2D eigenvalue weighted by Crippen LogP contribution is 2.45. The zero-order valence-electron chi connectivity index (χ0n) is 22.6. The highest BCUT2D eigenvalue weighted by atomic mass is 32.2. The zero-order valence-corrected chi connectivity index (χ0v) is 24.2. The van der Waals surface area contributed by atoms with Crippen LogP contribution < -0.4 is 19.1 Å². The van der Waals surface area contributed by atoms with Crippen LogP contribution in [-0.2, 0) is 15.3 Å². The van der Waals surface area contributed by atoms with Crippen molar-refractivity contribution >= 4 is 45.7 Å². The number of ketones is 1. The van der Waals surface area contributed by atoms with Crippen molar-refractivity contribution in [2.75, 3.05) is 25.7 Å². The molecule has 1 amide bonds. The number of ether oxygens (including phenoxy) is 3. The summed E-state index contributed by atoms with van der Waals surface area (Å²) < 4.78 is 17.1. The van der Waals surface area contributed by atoms with Gasteiger partial charge in [-0.3, -0.25) is 14.5 Å². The van der Waals surface area contributed by atoms with E-state index in [9.17, 15) is 14.7 Å². The number of carbonyl (C=O) groups is 2. The molecule has 1 aliphatic rings. The first-order valence-electron chi connectivity index (χ1n) is 12.7. The molecule has 0 saturated carbocycles. The van der Waals surface area contributed by atoms with Gasteiger partial charge in [0.05, 0.1) is 32.4 Å². The van der Waals surface area contributed by atoms with Crippen LogP contribution in [-0.4, -0.2) is 47.8 Å². The van der Waals surface area contributed by atoms with E-state index in [4.69, 9.17) is 14.2 Å². The van der Waals surface area contributed by atoms with Crippen molar-refractivity contribution in [2.24, 2.45) is 0 Å². The first kappa shape index (κ1) is 28.2. The minimum Gasteiger partial charge on any atom is -0.507 e. The lowest BCUT2D eigenvalue weighted by Crippen LogP contribution is -2.29. The molecule has 2 heterocycles. The van der Waals surface area contributed by atoms with Crippen LogP contribution in [0.25, 0.3) is 5.76 Å². The number of amides is 1. The smallest absolute Gasteiger partial charge is 0.301 e. The maximum Gasteiger partial charge on any atom is 0.301 e. The second-order valence-electron chi connectivity index (χ2n) is 8.87. The number of Topliss-reactive ketones (excluding diaryl/α,β-unsaturated/α-hetero) is 1. The van der Waals surface area contributed by atoms with E-state index in [1.807, 2.05) is 37.3 Å². The summed E-state index contributed by atoms with van der Waals surface area (Å²) in [5, 5.41) is 20.2. The van der Waals surface area contributed by atoms with E-state index >= 15 is 0 Å². The van der Waals surface area contributed by atoms with Gasteiger partial charge < -0.3 is 19.3 Å². The van der Waals surface area contributed by atoms with Crippen LogP contribution in [0.2, 0.25) is 0 Å². The van der Waals surface area contributed by atoms with Crippen molar-refractivity contribution < 1.29 is 28.9 Å². The van der Waals surface area contributed by atoms with Gasteiger partial charge >= 0.3 is 5.91 Å². The van der Waals surface area contributed by atoms with Crippen molar-refractivity contribution in [2.45, 2.75) is 23.1 Å². The van der Waals surface area contributed by atoms with Crippen LogP contribution in [0.5, 0.6) is 17.2 Å². The molecule has 11 heteroatoms. The number of hydrogen-bond acceptors (Lipinski definition) is 10. The predicted molar refractivity (Wildman–Crippen MR) is 158 cm³/mol. The molecular weight excluding hydrogens is 562 g/mol. The zero-order chi connectivity index (χ0) is 28.9. The van der Waals surface area contributed by atoms with Crippen molar-refractivity contribution in [3.8, 4) is 17.2 Å². The quantitative estimate of drug-likeness (QED) is 0.0798. The first-order valence-corrected chi connectivity index (χ1v) is 14.5. The third-order valence-electron chi connectivity index (χ3n) is 6.42. The average molecular weight is 590 g/mol. The van der Waals surface area contributed by atoms with Crippen molar-refractivity contribution in [3.05, 3.63) is 95.1 Å². The molecule has 1 unspecified atom stereocenters. The van der Waals surface area contributed by atoms with E-state index in [1.54, 1.807) is 42.5 Å². The molecule has 0 bridgehead atoms. The Kier molecular flexibility index (Phi) is 8.55. The van der Waals surface area contributed by atoms with Crippen LogP contribution in [0.3, 0.4) is 0 Å². The highest BCUT2D eigenvalue weighted by molar-refractivity contribution is 8.00. The highest BCUT2D eigenvalue weighted by Gasteiger charge is 2.48. The molecule has 1 aliphatic heterocycles.